The van der Waals surface area contributed by atoms with Crippen molar-refractivity contribution in [3.8, 4) is 0 Å². The molecule has 0 saturated carbocycles. The van der Waals surface area contributed by atoms with Crippen LogP contribution in [0.3, 0.4) is 0 Å². The fourth-order valence-electron chi connectivity index (χ4n) is 2.16. The smallest absolute Gasteiger partial charge is 0.178 e. The van der Waals surface area contributed by atoms with Gasteiger partial charge in [0.2, 0.25) is 0 Å². The Hall–Kier alpha value is -1.20. The Labute approximate surface area is 104 Å². The zero-order valence-corrected chi connectivity index (χ0v) is 10.1. The summed E-state index contributed by atoms with van der Waals surface area (Å²) in [4.78, 5) is 8.45. The van der Waals surface area contributed by atoms with Gasteiger partial charge in [-0.25, -0.2) is 14.6 Å². The van der Waals surface area contributed by atoms with Crippen molar-refractivity contribution in [1.82, 2.24) is 19.7 Å². The molecule has 0 N–H and O–H groups in total. The Morgan fingerprint density at radius 3 is 3.24 bits per heavy atom. The maximum atomic E-state index is 5.85. The van der Waals surface area contributed by atoms with Crippen LogP contribution < -0.4 is 0 Å². The van der Waals surface area contributed by atoms with Gasteiger partial charge in [0.05, 0.1) is 19.0 Å². The number of fused-ring (bicyclic) bond motifs is 1. The molecule has 0 amide bonds. The van der Waals surface area contributed by atoms with E-state index in [-0.39, 0.29) is 0 Å². The largest absolute Gasteiger partial charge is 0.381 e. The molecular formula is C11H13ClN4O. The predicted octanol–water partition coefficient (Wildman–Crippen LogP) is 1.91. The summed E-state index contributed by atoms with van der Waals surface area (Å²) in [6.45, 7) is 2.50. The van der Waals surface area contributed by atoms with Crippen LogP contribution in [0.4, 0.5) is 0 Å². The zero-order valence-electron chi connectivity index (χ0n) is 9.34. The summed E-state index contributed by atoms with van der Waals surface area (Å²) >= 11 is 5.85. The second kappa shape index (κ2) is 4.58. The highest BCUT2D eigenvalue weighted by Gasteiger charge is 2.16. The lowest BCUT2D eigenvalue weighted by Crippen LogP contribution is -2.22. The molecule has 3 heterocycles. The lowest BCUT2D eigenvalue weighted by atomic mass is 10.0. The second-order valence-electron chi connectivity index (χ2n) is 4.31. The molecule has 6 heteroatoms. The molecule has 1 aliphatic heterocycles. The number of hydrogen-bond acceptors (Lipinski definition) is 4. The molecule has 1 saturated heterocycles. The van der Waals surface area contributed by atoms with Crippen LogP contribution in [0.5, 0.6) is 0 Å². The number of ether oxygens (including phenoxy) is 1. The minimum Gasteiger partial charge on any atom is -0.381 e. The molecule has 2 aromatic rings. The van der Waals surface area contributed by atoms with Crippen molar-refractivity contribution in [1.29, 1.82) is 0 Å². The van der Waals surface area contributed by atoms with Crippen molar-refractivity contribution in [2.75, 3.05) is 13.2 Å². The molecule has 0 spiro atoms. The summed E-state index contributed by atoms with van der Waals surface area (Å²) < 4.78 is 7.33. The van der Waals surface area contributed by atoms with Gasteiger partial charge in [-0.2, -0.15) is 5.10 Å². The van der Waals surface area contributed by atoms with E-state index >= 15 is 0 Å². The van der Waals surface area contributed by atoms with Crippen LogP contribution in [0.15, 0.2) is 12.4 Å². The molecule has 1 aliphatic rings. The van der Waals surface area contributed by atoms with E-state index in [9.17, 15) is 0 Å². The Morgan fingerprint density at radius 1 is 1.47 bits per heavy atom. The summed E-state index contributed by atoms with van der Waals surface area (Å²) in [5, 5.41) is 4.71. The fourth-order valence-corrected chi connectivity index (χ4v) is 2.29. The van der Waals surface area contributed by atoms with Gasteiger partial charge in [0.25, 0.3) is 0 Å². The van der Waals surface area contributed by atoms with Gasteiger partial charge in [-0.15, -0.1) is 0 Å². The molecule has 0 aliphatic carbocycles. The number of hydrogen-bond donors (Lipinski definition) is 0. The molecule has 0 aromatic carbocycles. The van der Waals surface area contributed by atoms with Crippen LogP contribution >= 0.6 is 11.6 Å². The van der Waals surface area contributed by atoms with E-state index in [0.29, 0.717) is 11.1 Å². The van der Waals surface area contributed by atoms with E-state index in [1.54, 1.807) is 12.4 Å². The average molecular weight is 253 g/mol. The first-order valence-corrected chi connectivity index (χ1v) is 6.12. The maximum absolute atomic E-state index is 5.85. The summed E-state index contributed by atoms with van der Waals surface area (Å²) in [7, 11) is 0. The molecule has 17 heavy (non-hydrogen) atoms. The van der Waals surface area contributed by atoms with Gasteiger partial charge in [-0.1, -0.05) is 11.6 Å². The molecule has 90 valence electrons. The monoisotopic (exact) mass is 252 g/mol. The molecule has 0 unspecified atom stereocenters. The van der Waals surface area contributed by atoms with Crippen molar-refractivity contribution in [2.24, 2.45) is 5.92 Å². The Balaban J connectivity index is 1.86. The highest BCUT2D eigenvalue weighted by atomic mass is 35.5. The van der Waals surface area contributed by atoms with Crippen molar-refractivity contribution in [2.45, 2.75) is 19.4 Å². The third-order valence-electron chi connectivity index (χ3n) is 3.00. The van der Waals surface area contributed by atoms with Gasteiger partial charge >= 0.3 is 0 Å². The minimum absolute atomic E-state index is 0.402. The van der Waals surface area contributed by atoms with Gasteiger partial charge in [-0.3, -0.25) is 0 Å². The van der Waals surface area contributed by atoms with Crippen LogP contribution in [0.25, 0.3) is 11.2 Å². The highest BCUT2D eigenvalue weighted by Crippen LogP contribution is 2.18. The summed E-state index contributed by atoms with van der Waals surface area (Å²) in [6.07, 6.45) is 5.56. The number of nitrogens with zero attached hydrogens (tertiary/aromatic N) is 4. The standard InChI is InChI=1S/C11H13ClN4O/c12-10-5-13-9-4-14-16(11(9)15-10)6-8-2-1-3-17-7-8/h4-5,8H,1-3,6-7H2/t8-/m0/s1. The Bertz CT molecular complexity index is 521. The minimum atomic E-state index is 0.402. The van der Waals surface area contributed by atoms with Crippen molar-refractivity contribution < 1.29 is 4.74 Å². The summed E-state index contributed by atoms with van der Waals surface area (Å²) in [5.41, 5.74) is 1.54. The number of rotatable bonds is 2. The van der Waals surface area contributed by atoms with Crippen LogP contribution in [-0.2, 0) is 11.3 Å². The second-order valence-corrected chi connectivity index (χ2v) is 4.70. The first-order valence-electron chi connectivity index (χ1n) is 5.75. The molecule has 1 atom stereocenters. The SMILES string of the molecule is Clc1cnc2cnn(C[C@@H]3CCCOC3)c2n1. The van der Waals surface area contributed by atoms with Crippen molar-refractivity contribution in [3.05, 3.63) is 17.5 Å². The summed E-state index contributed by atoms with van der Waals surface area (Å²) in [5.74, 6) is 0.507. The molecule has 0 bridgehead atoms. The van der Waals surface area contributed by atoms with Crippen molar-refractivity contribution in [3.63, 3.8) is 0 Å². The fraction of sp³-hybridized carbons (Fsp3) is 0.545. The summed E-state index contributed by atoms with van der Waals surface area (Å²) in [6, 6.07) is 0. The highest BCUT2D eigenvalue weighted by molar-refractivity contribution is 6.29. The molecule has 5 nitrogen and oxygen atoms in total. The maximum Gasteiger partial charge on any atom is 0.178 e. The molecule has 0 radical (unpaired) electrons. The third kappa shape index (κ3) is 2.25. The van der Waals surface area contributed by atoms with Gasteiger partial charge in [0.1, 0.15) is 10.7 Å². The number of aromatic nitrogens is 4. The molecule has 1 fully saturated rings. The van der Waals surface area contributed by atoms with Crippen LogP contribution in [0.1, 0.15) is 12.8 Å². The molecular weight excluding hydrogens is 240 g/mol. The number of halogens is 1. The van der Waals surface area contributed by atoms with E-state index in [4.69, 9.17) is 16.3 Å². The lowest BCUT2D eigenvalue weighted by molar-refractivity contribution is 0.0474. The predicted molar refractivity (Wildman–Crippen MR) is 63.9 cm³/mol. The van der Waals surface area contributed by atoms with Crippen molar-refractivity contribution >= 4 is 22.8 Å². The van der Waals surface area contributed by atoms with Crippen LogP contribution in [0, 0.1) is 5.92 Å². The van der Waals surface area contributed by atoms with Gasteiger partial charge in [0.15, 0.2) is 5.65 Å². The van der Waals surface area contributed by atoms with Crippen LogP contribution in [-0.4, -0.2) is 33.0 Å². The zero-order chi connectivity index (χ0) is 11.7. The van der Waals surface area contributed by atoms with E-state index in [0.717, 1.165) is 37.3 Å². The normalized spacial score (nSPS) is 20.9. The van der Waals surface area contributed by atoms with E-state index in [1.807, 2.05) is 4.68 Å². The van der Waals surface area contributed by atoms with Crippen LogP contribution in [0.2, 0.25) is 5.15 Å². The average Bonchev–Trinajstić information content (AvgIpc) is 2.73. The Morgan fingerprint density at radius 2 is 2.41 bits per heavy atom. The molecule has 2 aromatic heterocycles. The quantitative estimate of drug-likeness (QED) is 0.819. The lowest BCUT2D eigenvalue weighted by Gasteiger charge is -2.21. The van der Waals surface area contributed by atoms with Gasteiger partial charge in [-0.05, 0) is 12.8 Å². The van der Waals surface area contributed by atoms with E-state index < -0.39 is 0 Å². The Kier molecular flexibility index (Phi) is 2.94. The first-order chi connectivity index (χ1) is 8.33. The molecule has 3 rings (SSSR count). The van der Waals surface area contributed by atoms with Gasteiger partial charge in [0, 0.05) is 19.1 Å². The van der Waals surface area contributed by atoms with Gasteiger partial charge < -0.3 is 4.74 Å². The first kappa shape index (κ1) is 10.9. The van der Waals surface area contributed by atoms with E-state index in [1.165, 1.54) is 6.42 Å². The van der Waals surface area contributed by atoms with E-state index in [2.05, 4.69) is 15.1 Å². The topological polar surface area (TPSA) is 52.8 Å². The third-order valence-corrected chi connectivity index (χ3v) is 3.18.